The maximum Gasteiger partial charge on any atom is 0.0900 e. The molecule has 0 saturated carbocycles. The number of aliphatic hydroxyl groups excluding tert-OH is 1. The average molecular weight is 307 g/mol. The minimum atomic E-state index is -0.512. The molecule has 0 aromatic heterocycles. The molecule has 4 heteroatoms. The quantitative estimate of drug-likeness (QED) is 0.503. The average Bonchev–Trinajstić information content (AvgIpc) is 2.48. The summed E-state index contributed by atoms with van der Waals surface area (Å²) in [5.41, 5.74) is 3.81. The first-order valence-electron chi connectivity index (χ1n) is 7.71. The van der Waals surface area contributed by atoms with E-state index in [4.69, 9.17) is 9.47 Å². The summed E-state index contributed by atoms with van der Waals surface area (Å²) in [5.74, 6) is 0. The number of nitrogens with zero attached hydrogens (tertiary/aromatic N) is 1. The maximum absolute atomic E-state index is 10.1. The van der Waals surface area contributed by atoms with E-state index in [1.807, 2.05) is 0 Å². The van der Waals surface area contributed by atoms with Crippen molar-refractivity contribution >= 4 is 0 Å². The van der Waals surface area contributed by atoms with E-state index in [2.05, 4.69) is 43.5 Å². The molecule has 0 bridgehead atoms. The molecule has 0 heterocycles. The number of benzene rings is 1. The lowest BCUT2D eigenvalue weighted by molar-refractivity contribution is 0.0193. The minimum absolute atomic E-state index is 0.322. The summed E-state index contributed by atoms with van der Waals surface area (Å²) < 4.78 is 10.5. The van der Waals surface area contributed by atoms with Gasteiger partial charge in [-0.05, 0) is 25.0 Å². The van der Waals surface area contributed by atoms with E-state index in [0.717, 1.165) is 13.1 Å². The van der Waals surface area contributed by atoms with Crippen LogP contribution >= 0.6 is 0 Å². The zero-order valence-electron chi connectivity index (χ0n) is 14.0. The van der Waals surface area contributed by atoms with Crippen molar-refractivity contribution in [2.24, 2.45) is 0 Å². The summed E-state index contributed by atoms with van der Waals surface area (Å²) in [4.78, 5) is 2.20. The molecule has 0 aliphatic heterocycles. The lowest BCUT2D eigenvalue weighted by Crippen LogP contribution is -2.36. The van der Waals surface area contributed by atoms with Crippen molar-refractivity contribution in [1.82, 2.24) is 4.90 Å². The highest BCUT2D eigenvalue weighted by molar-refractivity contribution is 5.30. The van der Waals surface area contributed by atoms with Crippen LogP contribution in [0.2, 0.25) is 0 Å². The second kappa shape index (κ2) is 10.5. The fourth-order valence-corrected chi connectivity index (χ4v) is 2.30. The lowest BCUT2D eigenvalue weighted by atomic mass is 10.1. The highest BCUT2D eigenvalue weighted by atomic mass is 16.5. The predicted molar refractivity (Wildman–Crippen MR) is 90.1 cm³/mol. The second-order valence-corrected chi connectivity index (χ2v) is 5.64. The highest BCUT2D eigenvalue weighted by Crippen LogP contribution is 2.13. The molecule has 0 spiro atoms. The largest absolute Gasteiger partial charge is 0.389 e. The molecule has 1 rings (SSSR count). The number of hydrogen-bond acceptors (Lipinski definition) is 4. The van der Waals surface area contributed by atoms with Crippen molar-refractivity contribution in [2.45, 2.75) is 26.5 Å². The topological polar surface area (TPSA) is 41.9 Å². The molecule has 1 atom stereocenters. The normalized spacial score (nSPS) is 12.6. The van der Waals surface area contributed by atoms with E-state index < -0.39 is 6.10 Å². The SMILES string of the molecule is C=CCOC[C@@H](O)CN(CCOC)Cc1cc(C)ccc1C. The van der Waals surface area contributed by atoms with Gasteiger partial charge in [0.15, 0.2) is 0 Å². The molecular formula is C18H29NO3. The van der Waals surface area contributed by atoms with Crippen LogP contribution < -0.4 is 0 Å². The Morgan fingerprint density at radius 3 is 2.82 bits per heavy atom. The zero-order valence-corrected chi connectivity index (χ0v) is 14.0. The Kier molecular flexibility index (Phi) is 9.01. The molecule has 1 N–H and O–H groups in total. The number of rotatable bonds is 11. The standard InChI is InChI=1S/C18H29NO3/c1-5-9-22-14-18(20)13-19(8-10-21-4)12-17-11-15(2)6-7-16(17)3/h5-7,11,18,20H,1,8-10,12-14H2,2-4H3/t18-/m0/s1. The number of aliphatic hydroxyl groups is 1. The monoisotopic (exact) mass is 307 g/mol. The molecule has 1 aromatic carbocycles. The van der Waals surface area contributed by atoms with Crippen LogP contribution in [0.3, 0.4) is 0 Å². The molecule has 0 aliphatic rings. The van der Waals surface area contributed by atoms with Gasteiger partial charge in [-0.2, -0.15) is 0 Å². The summed E-state index contributed by atoms with van der Waals surface area (Å²) in [5, 5.41) is 10.1. The molecule has 0 saturated heterocycles. The molecule has 4 nitrogen and oxygen atoms in total. The zero-order chi connectivity index (χ0) is 16.4. The summed E-state index contributed by atoms with van der Waals surface area (Å²) in [6.45, 7) is 11.4. The number of ether oxygens (including phenoxy) is 2. The highest BCUT2D eigenvalue weighted by Gasteiger charge is 2.13. The van der Waals surface area contributed by atoms with Gasteiger partial charge in [-0.25, -0.2) is 0 Å². The Balaban J connectivity index is 2.62. The third-order valence-corrected chi connectivity index (χ3v) is 3.53. The molecule has 1 aromatic rings. The van der Waals surface area contributed by atoms with Crippen LogP contribution in [0.15, 0.2) is 30.9 Å². The van der Waals surface area contributed by atoms with Gasteiger partial charge in [0, 0.05) is 26.7 Å². The minimum Gasteiger partial charge on any atom is -0.389 e. The van der Waals surface area contributed by atoms with Crippen LogP contribution in [-0.2, 0) is 16.0 Å². The Morgan fingerprint density at radius 2 is 2.14 bits per heavy atom. The van der Waals surface area contributed by atoms with Gasteiger partial charge in [-0.3, -0.25) is 4.90 Å². The van der Waals surface area contributed by atoms with Crippen LogP contribution in [0.1, 0.15) is 16.7 Å². The number of aryl methyl sites for hydroxylation is 2. The van der Waals surface area contributed by atoms with Crippen molar-refractivity contribution in [2.75, 3.05) is 40.0 Å². The van der Waals surface area contributed by atoms with Gasteiger partial charge in [-0.1, -0.05) is 29.8 Å². The third-order valence-electron chi connectivity index (χ3n) is 3.53. The molecule has 22 heavy (non-hydrogen) atoms. The first-order valence-corrected chi connectivity index (χ1v) is 7.71. The molecular weight excluding hydrogens is 278 g/mol. The second-order valence-electron chi connectivity index (χ2n) is 5.64. The van der Waals surface area contributed by atoms with Crippen molar-refractivity contribution in [3.63, 3.8) is 0 Å². The fraction of sp³-hybridized carbons (Fsp3) is 0.556. The van der Waals surface area contributed by atoms with E-state index in [0.29, 0.717) is 26.4 Å². The van der Waals surface area contributed by atoms with Gasteiger partial charge in [0.25, 0.3) is 0 Å². The fourth-order valence-electron chi connectivity index (χ4n) is 2.30. The van der Waals surface area contributed by atoms with E-state index >= 15 is 0 Å². The van der Waals surface area contributed by atoms with Gasteiger partial charge < -0.3 is 14.6 Å². The Hall–Kier alpha value is -1.20. The van der Waals surface area contributed by atoms with E-state index in [9.17, 15) is 5.11 Å². The molecule has 0 amide bonds. The van der Waals surface area contributed by atoms with Gasteiger partial charge >= 0.3 is 0 Å². The Bertz CT molecular complexity index is 448. The smallest absolute Gasteiger partial charge is 0.0900 e. The van der Waals surface area contributed by atoms with Gasteiger partial charge in [0.1, 0.15) is 0 Å². The number of hydrogen-bond donors (Lipinski definition) is 1. The Morgan fingerprint density at radius 1 is 1.36 bits per heavy atom. The van der Waals surface area contributed by atoms with E-state index in [1.165, 1.54) is 16.7 Å². The molecule has 0 unspecified atom stereocenters. The summed E-state index contributed by atoms with van der Waals surface area (Å²) in [6, 6.07) is 6.47. The summed E-state index contributed by atoms with van der Waals surface area (Å²) in [7, 11) is 1.69. The van der Waals surface area contributed by atoms with Crippen molar-refractivity contribution in [3.8, 4) is 0 Å². The first-order chi connectivity index (χ1) is 10.6. The van der Waals surface area contributed by atoms with E-state index in [1.54, 1.807) is 13.2 Å². The maximum atomic E-state index is 10.1. The summed E-state index contributed by atoms with van der Waals surface area (Å²) >= 11 is 0. The van der Waals surface area contributed by atoms with Crippen LogP contribution in [0.5, 0.6) is 0 Å². The van der Waals surface area contributed by atoms with Gasteiger partial charge in [0.2, 0.25) is 0 Å². The number of methoxy groups -OCH3 is 1. The Labute approximate surface area is 134 Å². The predicted octanol–water partition coefficient (Wildman–Crippen LogP) is 2.32. The van der Waals surface area contributed by atoms with Crippen LogP contribution in [-0.4, -0.2) is 56.1 Å². The van der Waals surface area contributed by atoms with Crippen LogP contribution in [0.25, 0.3) is 0 Å². The van der Waals surface area contributed by atoms with E-state index in [-0.39, 0.29) is 0 Å². The van der Waals surface area contributed by atoms with Crippen LogP contribution in [0, 0.1) is 13.8 Å². The lowest BCUT2D eigenvalue weighted by Gasteiger charge is -2.25. The molecule has 124 valence electrons. The van der Waals surface area contributed by atoms with Gasteiger partial charge in [0.05, 0.1) is 25.9 Å². The molecule has 0 fully saturated rings. The third kappa shape index (κ3) is 7.18. The van der Waals surface area contributed by atoms with Crippen molar-refractivity contribution in [3.05, 3.63) is 47.5 Å². The summed E-state index contributed by atoms with van der Waals surface area (Å²) in [6.07, 6.45) is 1.17. The molecule has 0 aliphatic carbocycles. The molecule has 0 radical (unpaired) electrons. The van der Waals surface area contributed by atoms with Crippen LogP contribution in [0.4, 0.5) is 0 Å². The first kappa shape index (κ1) is 18.8. The van der Waals surface area contributed by atoms with Crippen molar-refractivity contribution < 1.29 is 14.6 Å². The van der Waals surface area contributed by atoms with Crippen molar-refractivity contribution in [1.29, 1.82) is 0 Å². The van der Waals surface area contributed by atoms with Gasteiger partial charge in [-0.15, -0.1) is 6.58 Å².